The number of benzene rings is 1. The lowest BCUT2D eigenvalue weighted by Crippen LogP contribution is -2.05. The average molecular weight is 276 g/mol. The van der Waals surface area contributed by atoms with Gasteiger partial charge in [0.15, 0.2) is 0 Å². The molecular formula is C15H18ClN3. The Morgan fingerprint density at radius 1 is 1.16 bits per heavy atom. The van der Waals surface area contributed by atoms with Gasteiger partial charge in [0.05, 0.1) is 5.69 Å². The van der Waals surface area contributed by atoms with Gasteiger partial charge in [-0.2, -0.15) is 0 Å². The summed E-state index contributed by atoms with van der Waals surface area (Å²) >= 11 is 5.93. The van der Waals surface area contributed by atoms with Crippen molar-refractivity contribution in [1.29, 1.82) is 0 Å². The van der Waals surface area contributed by atoms with Crippen LogP contribution in [0.1, 0.15) is 24.7 Å². The van der Waals surface area contributed by atoms with E-state index >= 15 is 0 Å². The molecule has 1 aromatic heterocycles. The Morgan fingerprint density at radius 2 is 1.84 bits per heavy atom. The normalized spacial score (nSPS) is 10.5. The minimum atomic E-state index is 0.734. The highest BCUT2D eigenvalue weighted by atomic mass is 35.5. The highest BCUT2D eigenvalue weighted by molar-refractivity contribution is 6.30. The monoisotopic (exact) mass is 275 g/mol. The van der Waals surface area contributed by atoms with Crippen LogP contribution < -0.4 is 5.32 Å². The molecule has 0 aliphatic carbocycles. The Labute approximate surface area is 119 Å². The summed E-state index contributed by atoms with van der Waals surface area (Å²) in [5, 5.41) is 3.87. The number of rotatable bonds is 4. The van der Waals surface area contributed by atoms with Crippen molar-refractivity contribution >= 4 is 17.4 Å². The standard InChI is InChI=1S/C15H18ClN3/c1-4-5-13-18-14(10(2)15(17-3)19-13)11-6-8-12(16)9-7-11/h6-9H,4-5H2,1-3H3,(H,17,18,19). The van der Waals surface area contributed by atoms with Crippen molar-refractivity contribution in [3.8, 4) is 11.3 Å². The van der Waals surface area contributed by atoms with E-state index in [1.165, 1.54) is 0 Å². The lowest BCUT2D eigenvalue weighted by atomic mass is 10.1. The molecule has 0 atom stereocenters. The van der Waals surface area contributed by atoms with Crippen LogP contribution >= 0.6 is 11.6 Å². The van der Waals surface area contributed by atoms with Gasteiger partial charge in [0, 0.05) is 29.6 Å². The third-order valence-electron chi connectivity index (χ3n) is 3.02. The van der Waals surface area contributed by atoms with Crippen molar-refractivity contribution in [1.82, 2.24) is 9.97 Å². The Morgan fingerprint density at radius 3 is 2.42 bits per heavy atom. The van der Waals surface area contributed by atoms with E-state index in [1.807, 2.05) is 38.2 Å². The molecule has 1 N–H and O–H groups in total. The van der Waals surface area contributed by atoms with Gasteiger partial charge >= 0.3 is 0 Å². The molecule has 4 heteroatoms. The fraction of sp³-hybridized carbons (Fsp3) is 0.333. The van der Waals surface area contributed by atoms with Crippen molar-refractivity contribution in [3.05, 3.63) is 40.7 Å². The molecule has 1 heterocycles. The zero-order chi connectivity index (χ0) is 13.8. The van der Waals surface area contributed by atoms with Gasteiger partial charge in [-0.05, 0) is 25.5 Å². The zero-order valence-electron chi connectivity index (χ0n) is 11.5. The molecule has 0 saturated heterocycles. The van der Waals surface area contributed by atoms with Crippen LogP contribution in [0.4, 0.5) is 5.82 Å². The van der Waals surface area contributed by atoms with E-state index in [1.54, 1.807) is 0 Å². The number of halogens is 1. The van der Waals surface area contributed by atoms with E-state index in [4.69, 9.17) is 11.6 Å². The van der Waals surface area contributed by atoms with Crippen LogP contribution in [-0.4, -0.2) is 17.0 Å². The van der Waals surface area contributed by atoms with Crippen LogP contribution in [0.15, 0.2) is 24.3 Å². The van der Waals surface area contributed by atoms with Gasteiger partial charge in [0.1, 0.15) is 11.6 Å². The molecule has 0 spiro atoms. The highest BCUT2D eigenvalue weighted by Crippen LogP contribution is 2.27. The van der Waals surface area contributed by atoms with Crippen LogP contribution in [0.2, 0.25) is 5.02 Å². The minimum absolute atomic E-state index is 0.734. The van der Waals surface area contributed by atoms with Gasteiger partial charge < -0.3 is 5.32 Å². The maximum absolute atomic E-state index is 5.93. The molecule has 0 saturated carbocycles. The molecule has 0 aliphatic rings. The second-order valence-corrected chi connectivity index (χ2v) is 4.91. The average Bonchev–Trinajstić information content (AvgIpc) is 2.42. The molecule has 3 nitrogen and oxygen atoms in total. The Bertz CT molecular complexity index is 564. The molecule has 1 aromatic carbocycles. The van der Waals surface area contributed by atoms with Crippen LogP contribution in [0, 0.1) is 6.92 Å². The summed E-state index contributed by atoms with van der Waals surface area (Å²) in [4.78, 5) is 9.21. The number of aromatic nitrogens is 2. The van der Waals surface area contributed by atoms with Gasteiger partial charge in [-0.3, -0.25) is 0 Å². The topological polar surface area (TPSA) is 37.8 Å². The smallest absolute Gasteiger partial charge is 0.132 e. The summed E-state index contributed by atoms with van der Waals surface area (Å²) in [5.74, 6) is 1.77. The van der Waals surface area contributed by atoms with Crippen molar-refractivity contribution in [2.75, 3.05) is 12.4 Å². The molecule has 0 unspecified atom stereocenters. The van der Waals surface area contributed by atoms with Crippen LogP contribution in [-0.2, 0) is 6.42 Å². The SMILES string of the molecule is CCCc1nc(NC)c(C)c(-c2ccc(Cl)cc2)n1. The van der Waals surface area contributed by atoms with E-state index in [9.17, 15) is 0 Å². The van der Waals surface area contributed by atoms with Crippen molar-refractivity contribution < 1.29 is 0 Å². The van der Waals surface area contributed by atoms with E-state index in [-0.39, 0.29) is 0 Å². The molecule has 0 bridgehead atoms. The van der Waals surface area contributed by atoms with E-state index in [0.29, 0.717) is 0 Å². The number of anilines is 1. The van der Waals surface area contributed by atoms with Crippen molar-refractivity contribution in [3.63, 3.8) is 0 Å². The second kappa shape index (κ2) is 6.02. The first-order valence-electron chi connectivity index (χ1n) is 6.47. The predicted octanol–water partition coefficient (Wildman–Crippen LogP) is 4.10. The molecule has 0 aliphatic heterocycles. The largest absolute Gasteiger partial charge is 0.373 e. The van der Waals surface area contributed by atoms with Gasteiger partial charge in [-0.15, -0.1) is 0 Å². The second-order valence-electron chi connectivity index (χ2n) is 4.47. The molecule has 2 aromatic rings. The first kappa shape index (κ1) is 13.8. The maximum Gasteiger partial charge on any atom is 0.132 e. The van der Waals surface area contributed by atoms with Crippen molar-refractivity contribution in [2.45, 2.75) is 26.7 Å². The fourth-order valence-corrected chi connectivity index (χ4v) is 2.16. The highest BCUT2D eigenvalue weighted by Gasteiger charge is 2.11. The molecule has 19 heavy (non-hydrogen) atoms. The minimum Gasteiger partial charge on any atom is -0.373 e. The summed E-state index contributed by atoms with van der Waals surface area (Å²) in [5.41, 5.74) is 3.10. The summed E-state index contributed by atoms with van der Waals surface area (Å²) < 4.78 is 0. The Hall–Kier alpha value is -1.61. The summed E-state index contributed by atoms with van der Waals surface area (Å²) in [7, 11) is 1.89. The van der Waals surface area contributed by atoms with E-state index in [0.717, 1.165) is 46.3 Å². The van der Waals surface area contributed by atoms with Crippen molar-refractivity contribution in [2.24, 2.45) is 0 Å². The third-order valence-corrected chi connectivity index (χ3v) is 3.27. The number of aryl methyl sites for hydroxylation is 1. The lowest BCUT2D eigenvalue weighted by Gasteiger charge is -2.12. The number of hydrogen-bond acceptors (Lipinski definition) is 3. The molecule has 0 fully saturated rings. The van der Waals surface area contributed by atoms with Gasteiger partial charge in [0.2, 0.25) is 0 Å². The fourth-order valence-electron chi connectivity index (χ4n) is 2.03. The first-order valence-corrected chi connectivity index (χ1v) is 6.84. The number of hydrogen-bond donors (Lipinski definition) is 1. The van der Waals surface area contributed by atoms with Crippen LogP contribution in [0.5, 0.6) is 0 Å². The molecule has 0 amide bonds. The Balaban J connectivity index is 2.54. The maximum atomic E-state index is 5.93. The first-order chi connectivity index (χ1) is 9.15. The Kier molecular flexibility index (Phi) is 4.38. The molecule has 0 radical (unpaired) electrons. The quantitative estimate of drug-likeness (QED) is 0.913. The number of nitrogens with zero attached hydrogens (tertiary/aromatic N) is 2. The number of nitrogens with one attached hydrogen (secondary N) is 1. The molecular weight excluding hydrogens is 258 g/mol. The molecule has 2 rings (SSSR count). The summed E-state index contributed by atoms with van der Waals surface area (Å²) in [6.45, 7) is 4.16. The predicted molar refractivity (Wildman–Crippen MR) is 80.8 cm³/mol. The van der Waals surface area contributed by atoms with E-state index in [2.05, 4.69) is 22.2 Å². The lowest BCUT2D eigenvalue weighted by molar-refractivity contribution is 0.834. The third kappa shape index (κ3) is 3.04. The summed E-state index contributed by atoms with van der Waals surface area (Å²) in [6, 6.07) is 7.76. The molecule has 100 valence electrons. The van der Waals surface area contributed by atoms with Gasteiger partial charge in [-0.25, -0.2) is 9.97 Å². The van der Waals surface area contributed by atoms with Crippen LogP contribution in [0.25, 0.3) is 11.3 Å². The van der Waals surface area contributed by atoms with E-state index < -0.39 is 0 Å². The zero-order valence-corrected chi connectivity index (χ0v) is 12.3. The van der Waals surface area contributed by atoms with Crippen LogP contribution in [0.3, 0.4) is 0 Å². The van der Waals surface area contributed by atoms with Gasteiger partial charge in [-0.1, -0.05) is 30.7 Å². The van der Waals surface area contributed by atoms with Gasteiger partial charge in [0.25, 0.3) is 0 Å². The summed E-state index contributed by atoms with van der Waals surface area (Å²) in [6.07, 6.45) is 1.92.